The van der Waals surface area contributed by atoms with Gasteiger partial charge in [0.15, 0.2) is 0 Å². The van der Waals surface area contributed by atoms with E-state index in [2.05, 4.69) is 21.3 Å². The molecule has 2 aromatic carbocycles. The molecule has 0 unspecified atom stereocenters. The maximum absolute atomic E-state index is 12.7. The fourth-order valence-electron chi connectivity index (χ4n) is 3.87. The van der Waals surface area contributed by atoms with Crippen molar-refractivity contribution in [2.75, 3.05) is 26.2 Å². The molecule has 8 heteroatoms. The third-order valence-electron chi connectivity index (χ3n) is 5.81. The van der Waals surface area contributed by atoms with Gasteiger partial charge in [0.25, 0.3) is 0 Å². The van der Waals surface area contributed by atoms with Crippen molar-refractivity contribution in [2.24, 2.45) is 5.41 Å². The Morgan fingerprint density at radius 1 is 0.636 bits per heavy atom. The molecule has 2 heterocycles. The van der Waals surface area contributed by atoms with E-state index in [-0.39, 0.29) is 28.1 Å². The summed E-state index contributed by atoms with van der Waals surface area (Å²) in [6, 6.07) is 21.4. The molecule has 164 valence electrons. The van der Waals surface area contributed by atoms with Gasteiger partial charge in [0, 0.05) is 42.7 Å². The fraction of sp³-hybridized carbons (Fsp3) is 0.200. The van der Waals surface area contributed by atoms with E-state index in [1.807, 2.05) is 24.3 Å². The number of rotatable bonds is 4. The Kier molecular flexibility index (Phi) is 6.10. The minimum absolute atomic E-state index is 0.0357. The Balaban J connectivity index is 1.45. The van der Waals surface area contributed by atoms with Gasteiger partial charge in [-0.1, -0.05) is 60.7 Å². The molecule has 0 radical (unpaired) electrons. The number of hydrogen-bond acceptors (Lipinski definition) is 8. The summed E-state index contributed by atoms with van der Waals surface area (Å²) in [7, 11) is 0. The van der Waals surface area contributed by atoms with E-state index in [1.165, 1.54) is 0 Å². The first-order valence-electron chi connectivity index (χ1n) is 10.5. The lowest BCUT2D eigenvalue weighted by molar-refractivity contribution is 0.102. The van der Waals surface area contributed by atoms with Gasteiger partial charge in [-0.05, 0) is 0 Å². The molecule has 2 aliphatic heterocycles. The molecular weight excluding hydrogens is 416 g/mol. The van der Waals surface area contributed by atoms with Crippen LogP contribution in [0.15, 0.2) is 83.5 Å². The summed E-state index contributed by atoms with van der Waals surface area (Å²) in [4.78, 5) is 25.4. The van der Waals surface area contributed by atoms with Crippen LogP contribution >= 0.6 is 0 Å². The van der Waals surface area contributed by atoms with Gasteiger partial charge in [0.05, 0.1) is 0 Å². The fourth-order valence-corrected chi connectivity index (χ4v) is 3.87. The van der Waals surface area contributed by atoms with E-state index >= 15 is 0 Å². The van der Waals surface area contributed by atoms with Crippen LogP contribution in [0.5, 0.6) is 0 Å². The monoisotopic (exact) mass is 438 g/mol. The largest absolute Gasteiger partial charge is 0.370 e. The topological polar surface area (TPSA) is 130 Å². The summed E-state index contributed by atoms with van der Waals surface area (Å²) in [6.45, 7) is 2.02. The van der Waals surface area contributed by atoms with E-state index in [0.717, 1.165) is 0 Å². The van der Waals surface area contributed by atoms with E-state index < -0.39 is 0 Å². The number of carbonyl (C=O) groups excluding carboxylic acids is 2. The average molecular weight is 438 g/mol. The number of nitrogens with zero attached hydrogens (tertiary/aromatic N) is 2. The van der Waals surface area contributed by atoms with Gasteiger partial charge in [-0.25, -0.2) is 0 Å². The molecule has 4 N–H and O–H groups in total. The van der Waals surface area contributed by atoms with Gasteiger partial charge in [-0.3, -0.25) is 9.59 Å². The van der Waals surface area contributed by atoms with Crippen LogP contribution in [0.4, 0.5) is 0 Å². The van der Waals surface area contributed by atoms with Gasteiger partial charge < -0.3 is 21.3 Å². The van der Waals surface area contributed by atoms with Crippen LogP contribution in [0, 0.1) is 28.1 Å². The van der Waals surface area contributed by atoms with Crippen molar-refractivity contribution in [1.82, 2.24) is 21.3 Å². The number of Topliss-reactive ketones (excluding diaryl/α,β-unsaturated/α-hetero) is 2. The zero-order chi connectivity index (χ0) is 23.3. The highest BCUT2D eigenvalue weighted by molar-refractivity contribution is 6.12. The number of ketones is 2. The second-order valence-electron chi connectivity index (χ2n) is 8.03. The molecule has 0 atom stereocenters. The van der Waals surface area contributed by atoms with Gasteiger partial charge >= 0.3 is 0 Å². The van der Waals surface area contributed by atoms with Gasteiger partial charge in [-0.15, -0.1) is 0 Å². The number of nitriles is 2. The van der Waals surface area contributed by atoms with Crippen molar-refractivity contribution in [2.45, 2.75) is 0 Å². The molecule has 2 aromatic rings. The summed E-state index contributed by atoms with van der Waals surface area (Å²) in [5, 5.41) is 31.9. The molecule has 0 amide bonds. The van der Waals surface area contributed by atoms with Crippen LogP contribution in [0.3, 0.4) is 0 Å². The van der Waals surface area contributed by atoms with Crippen LogP contribution < -0.4 is 21.3 Å². The van der Waals surface area contributed by atoms with Crippen molar-refractivity contribution >= 4 is 11.6 Å². The zero-order valence-electron chi connectivity index (χ0n) is 17.8. The van der Waals surface area contributed by atoms with Crippen LogP contribution in [-0.4, -0.2) is 37.7 Å². The standard InChI is InChI=1S/C25H22N6O2/c26-11-19(21(32)17-7-3-1-4-8-17)23-28-13-25(14-29-23)15-30-24(31-16-25)20(12-27)22(33)18-9-5-2-6-10-18/h1-10,28-31H,13-16H2. The predicted octanol–water partition coefficient (Wildman–Crippen LogP) is 1.59. The van der Waals surface area contributed by atoms with Crippen molar-refractivity contribution in [1.29, 1.82) is 10.5 Å². The SMILES string of the molecule is N#CC(C(=O)c1ccccc1)=C1NCC2(CN1)CNC(=C(C#N)C(=O)c1ccccc1)NC2. The van der Waals surface area contributed by atoms with Gasteiger partial charge in [-0.2, -0.15) is 10.5 Å². The molecule has 0 bridgehead atoms. The number of hydrogen-bond donors (Lipinski definition) is 4. The molecule has 0 saturated carbocycles. The van der Waals surface area contributed by atoms with Crippen LogP contribution in [0.25, 0.3) is 0 Å². The molecule has 2 fully saturated rings. The minimum Gasteiger partial charge on any atom is -0.370 e. The quantitative estimate of drug-likeness (QED) is 0.322. The lowest BCUT2D eigenvalue weighted by Gasteiger charge is -2.44. The highest BCUT2D eigenvalue weighted by Crippen LogP contribution is 2.24. The van der Waals surface area contributed by atoms with Gasteiger partial charge in [0.1, 0.15) is 34.9 Å². The van der Waals surface area contributed by atoms with Crippen molar-refractivity contribution < 1.29 is 9.59 Å². The van der Waals surface area contributed by atoms with E-state index in [4.69, 9.17) is 0 Å². The third-order valence-corrected chi connectivity index (χ3v) is 5.81. The Hall–Kier alpha value is -4.56. The minimum atomic E-state index is -0.341. The van der Waals surface area contributed by atoms with Crippen molar-refractivity contribution in [3.63, 3.8) is 0 Å². The molecule has 0 aliphatic carbocycles. The summed E-state index contributed by atoms with van der Waals surface area (Å²) in [5.74, 6) is 0.144. The molecular formula is C25H22N6O2. The second kappa shape index (κ2) is 9.29. The predicted molar refractivity (Wildman–Crippen MR) is 121 cm³/mol. The van der Waals surface area contributed by atoms with Gasteiger partial charge in [0.2, 0.25) is 11.6 Å². The Bertz CT molecular complexity index is 1100. The summed E-state index contributed by atoms with van der Waals surface area (Å²) >= 11 is 0. The molecule has 2 aliphatic rings. The number of benzene rings is 2. The van der Waals surface area contributed by atoms with E-state index in [1.54, 1.807) is 48.5 Å². The van der Waals surface area contributed by atoms with Crippen LogP contribution in [0.2, 0.25) is 0 Å². The molecule has 0 aromatic heterocycles. The summed E-state index contributed by atoms with van der Waals surface area (Å²) in [5.41, 5.74) is 0.698. The maximum atomic E-state index is 12.7. The zero-order valence-corrected chi connectivity index (χ0v) is 17.8. The number of nitrogens with one attached hydrogen (secondary N) is 4. The van der Waals surface area contributed by atoms with Crippen molar-refractivity contribution in [3.8, 4) is 12.1 Å². The highest BCUT2D eigenvalue weighted by atomic mass is 16.1. The Morgan fingerprint density at radius 2 is 0.970 bits per heavy atom. The normalized spacial score (nSPS) is 19.0. The van der Waals surface area contributed by atoms with Crippen LogP contribution in [0.1, 0.15) is 20.7 Å². The lowest BCUT2D eigenvalue weighted by Crippen LogP contribution is -2.62. The van der Waals surface area contributed by atoms with E-state index in [9.17, 15) is 20.1 Å². The summed E-state index contributed by atoms with van der Waals surface area (Å²) < 4.78 is 0. The van der Waals surface area contributed by atoms with Crippen molar-refractivity contribution in [3.05, 3.63) is 94.6 Å². The first-order valence-corrected chi connectivity index (χ1v) is 10.5. The number of carbonyl (C=O) groups is 2. The third kappa shape index (κ3) is 4.41. The Morgan fingerprint density at radius 3 is 1.27 bits per heavy atom. The smallest absolute Gasteiger partial charge is 0.207 e. The molecule has 8 nitrogen and oxygen atoms in total. The lowest BCUT2D eigenvalue weighted by atomic mass is 9.84. The maximum Gasteiger partial charge on any atom is 0.207 e. The second-order valence-corrected chi connectivity index (χ2v) is 8.03. The first kappa shape index (κ1) is 21.7. The highest BCUT2D eigenvalue weighted by Gasteiger charge is 2.38. The molecule has 2 saturated heterocycles. The first-order chi connectivity index (χ1) is 16.1. The summed E-state index contributed by atoms with van der Waals surface area (Å²) in [6.07, 6.45) is 0. The average Bonchev–Trinajstić information content (AvgIpc) is 2.88. The molecule has 33 heavy (non-hydrogen) atoms. The Labute approximate surface area is 191 Å². The van der Waals surface area contributed by atoms with Crippen LogP contribution in [-0.2, 0) is 0 Å². The van der Waals surface area contributed by atoms with E-state index in [0.29, 0.717) is 48.9 Å². The number of allylic oxidation sites excluding steroid dienone is 2. The molecule has 1 spiro atoms. The molecule has 4 rings (SSSR count).